The highest BCUT2D eigenvalue weighted by Gasteiger charge is 2.40. The Morgan fingerprint density at radius 2 is 1.75 bits per heavy atom. The minimum atomic E-state index is -3.91. The van der Waals surface area contributed by atoms with Crippen molar-refractivity contribution in [2.24, 2.45) is 0 Å². The van der Waals surface area contributed by atoms with Crippen LogP contribution in [0.25, 0.3) is 0 Å². The second kappa shape index (κ2) is 9.52. The summed E-state index contributed by atoms with van der Waals surface area (Å²) in [6, 6.07) is 13.0. The number of nitrogens with one attached hydrogen (secondary N) is 1. The zero-order valence-electron chi connectivity index (χ0n) is 18.4. The number of likely N-dealkylation sites (N-methyl/N-ethyl adjacent to an activating group) is 1. The van der Waals surface area contributed by atoms with Crippen molar-refractivity contribution >= 4 is 27.7 Å². The molecule has 2 aromatic rings. The topological polar surface area (TPSA) is 104 Å². The predicted octanol–water partition coefficient (Wildman–Crippen LogP) is 2.08. The summed E-state index contributed by atoms with van der Waals surface area (Å²) in [4.78, 5) is 39.3. The maximum Gasteiger partial charge on any atom is 0.269 e. The molecule has 0 radical (unpaired) electrons. The largest absolute Gasteiger partial charge is 0.357 e. The lowest BCUT2D eigenvalue weighted by Crippen LogP contribution is -2.47. The summed E-state index contributed by atoms with van der Waals surface area (Å²) in [5.41, 5.74) is 2.07. The lowest BCUT2D eigenvalue weighted by Gasteiger charge is -2.29. The third-order valence-corrected chi connectivity index (χ3v) is 7.52. The lowest BCUT2D eigenvalue weighted by atomic mass is 10.1. The van der Waals surface area contributed by atoms with Crippen LogP contribution in [0.4, 0.5) is 0 Å². The smallest absolute Gasteiger partial charge is 0.269 e. The summed E-state index contributed by atoms with van der Waals surface area (Å²) in [5, 5.41) is 2.56. The van der Waals surface area contributed by atoms with Crippen LogP contribution in [0.2, 0.25) is 0 Å². The molecule has 0 aromatic heterocycles. The molecule has 1 aliphatic heterocycles. The van der Waals surface area contributed by atoms with Crippen LogP contribution < -0.4 is 5.32 Å². The first-order valence-corrected chi connectivity index (χ1v) is 11.8. The number of nitrogens with zero attached hydrogens (tertiary/aromatic N) is 2. The number of benzene rings is 2. The van der Waals surface area contributed by atoms with E-state index in [0.29, 0.717) is 0 Å². The molecule has 0 aliphatic carbocycles. The molecule has 8 nitrogen and oxygen atoms in total. The Morgan fingerprint density at radius 3 is 2.41 bits per heavy atom. The number of aryl methyl sites for hydroxylation is 1. The molecule has 1 atom stereocenters. The van der Waals surface area contributed by atoms with Crippen molar-refractivity contribution in [2.45, 2.75) is 44.2 Å². The van der Waals surface area contributed by atoms with Gasteiger partial charge in [-0.25, -0.2) is 12.7 Å². The Balaban J connectivity index is 1.71. The van der Waals surface area contributed by atoms with Crippen LogP contribution in [0.15, 0.2) is 53.4 Å². The zero-order valence-corrected chi connectivity index (χ0v) is 19.2. The van der Waals surface area contributed by atoms with E-state index in [0.717, 1.165) is 15.4 Å². The number of sulfonamides is 1. The fraction of sp³-hybridized carbons (Fsp3) is 0.348. The third kappa shape index (κ3) is 4.52. The van der Waals surface area contributed by atoms with Crippen LogP contribution in [0, 0.1) is 6.92 Å². The van der Waals surface area contributed by atoms with Gasteiger partial charge in [0.25, 0.3) is 15.9 Å². The molecule has 0 saturated carbocycles. The number of carbonyl (C=O) groups excluding carboxylic acids is 3. The van der Waals surface area contributed by atoms with E-state index in [1.807, 2.05) is 31.2 Å². The number of fused-ring (bicyclic) bond motifs is 1. The summed E-state index contributed by atoms with van der Waals surface area (Å²) in [7, 11) is -2.40. The van der Waals surface area contributed by atoms with Crippen LogP contribution in [0.3, 0.4) is 0 Å². The van der Waals surface area contributed by atoms with E-state index in [4.69, 9.17) is 0 Å². The first kappa shape index (κ1) is 23.5. The van der Waals surface area contributed by atoms with Crippen molar-refractivity contribution in [3.63, 3.8) is 0 Å². The second-order valence-electron chi connectivity index (χ2n) is 7.72. The molecule has 3 rings (SSSR count). The SMILES string of the molecule is CNC(=O)[C@H](C)N(Cc1ccccc1C)C(=O)CCCN1C(=O)c2ccccc2S1(=O)=O. The van der Waals surface area contributed by atoms with Gasteiger partial charge in [-0.3, -0.25) is 14.4 Å². The van der Waals surface area contributed by atoms with Crippen molar-refractivity contribution in [2.75, 3.05) is 13.6 Å². The molecular weight excluding hydrogens is 430 g/mol. The van der Waals surface area contributed by atoms with Gasteiger partial charge in [0.05, 0.1) is 5.56 Å². The van der Waals surface area contributed by atoms with E-state index >= 15 is 0 Å². The van der Waals surface area contributed by atoms with Gasteiger partial charge in [0, 0.05) is 26.6 Å². The van der Waals surface area contributed by atoms with Crippen molar-refractivity contribution in [1.82, 2.24) is 14.5 Å². The molecule has 32 heavy (non-hydrogen) atoms. The van der Waals surface area contributed by atoms with Crippen molar-refractivity contribution < 1.29 is 22.8 Å². The lowest BCUT2D eigenvalue weighted by molar-refractivity contribution is -0.140. The van der Waals surface area contributed by atoms with Crippen molar-refractivity contribution in [3.8, 4) is 0 Å². The van der Waals surface area contributed by atoms with Crippen LogP contribution in [0.1, 0.15) is 41.3 Å². The number of carbonyl (C=O) groups is 3. The summed E-state index contributed by atoms with van der Waals surface area (Å²) >= 11 is 0. The minimum Gasteiger partial charge on any atom is -0.357 e. The van der Waals surface area contributed by atoms with E-state index in [1.165, 1.54) is 24.1 Å². The van der Waals surface area contributed by atoms with Crippen molar-refractivity contribution in [3.05, 3.63) is 65.2 Å². The molecule has 0 fully saturated rings. The molecule has 1 aliphatic rings. The molecule has 0 unspecified atom stereocenters. The van der Waals surface area contributed by atoms with E-state index in [2.05, 4.69) is 5.32 Å². The minimum absolute atomic E-state index is 0.00284. The van der Waals surface area contributed by atoms with Crippen LogP contribution in [0.5, 0.6) is 0 Å². The highest BCUT2D eigenvalue weighted by atomic mass is 32.2. The zero-order chi connectivity index (χ0) is 23.5. The van der Waals surface area contributed by atoms with Gasteiger partial charge < -0.3 is 10.2 Å². The Labute approximate surface area is 188 Å². The van der Waals surface area contributed by atoms with Crippen molar-refractivity contribution in [1.29, 1.82) is 0 Å². The molecule has 9 heteroatoms. The standard InChI is InChI=1S/C23H27N3O5S/c1-16-9-4-5-10-18(16)15-25(17(2)22(28)24-3)21(27)13-8-14-26-23(29)19-11-6-7-12-20(19)32(26,30)31/h4-7,9-12,17H,8,13-15H2,1-3H3,(H,24,28)/t17-/m0/s1. The number of hydrogen-bond acceptors (Lipinski definition) is 5. The molecule has 1 N–H and O–H groups in total. The Bertz CT molecular complexity index is 1150. The first-order valence-electron chi connectivity index (χ1n) is 10.4. The third-order valence-electron chi connectivity index (χ3n) is 5.68. The number of amides is 3. The molecule has 0 spiro atoms. The predicted molar refractivity (Wildman–Crippen MR) is 119 cm³/mol. The van der Waals surface area contributed by atoms with Crippen LogP contribution >= 0.6 is 0 Å². The molecule has 3 amide bonds. The fourth-order valence-electron chi connectivity index (χ4n) is 3.73. The Kier molecular flexibility index (Phi) is 6.98. The molecule has 1 heterocycles. The monoisotopic (exact) mass is 457 g/mol. The molecule has 0 bridgehead atoms. The van der Waals surface area contributed by atoms with Gasteiger partial charge in [-0.1, -0.05) is 36.4 Å². The maximum atomic E-state index is 13.0. The van der Waals surface area contributed by atoms with Gasteiger partial charge in [0.2, 0.25) is 11.8 Å². The second-order valence-corrected chi connectivity index (χ2v) is 9.55. The van der Waals surface area contributed by atoms with Gasteiger partial charge in [-0.15, -0.1) is 0 Å². The quantitative estimate of drug-likeness (QED) is 0.654. The van der Waals surface area contributed by atoms with Gasteiger partial charge in [-0.05, 0) is 43.5 Å². The van der Waals surface area contributed by atoms with E-state index in [1.54, 1.807) is 19.1 Å². The normalized spacial score (nSPS) is 15.2. The van der Waals surface area contributed by atoms with E-state index < -0.39 is 22.0 Å². The number of rotatable bonds is 8. The van der Waals surface area contributed by atoms with E-state index in [-0.39, 0.29) is 48.2 Å². The summed E-state index contributed by atoms with van der Waals surface area (Å²) in [6.45, 7) is 3.74. The van der Waals surface area contributed by atoms with Gasteiger partial charge in [0.15, 0.2) is 0 Å². The number of hydrogen-bond donors (Lipinski definition) is 1. The first-order chi connectivity index (χ1) is 15.2. The summed E-state index contributed by atoms with van der Waals surface area (Å²) in [6.07, 6.45) is 0.158. The maximum absolute atomic E-state index is 13.0. The Morgan fingerprint density at radius 1 is 1.09 bits per heavy atom. The Hall–Kier alpha value is -3.20. The molecule has 0 saturated heterocycles. The average Bonchev–Trinajstić information content (AvgIpc) is 2.98. The summed E-state index contributed by atoms with van der Waals surface area (Å²) < 4.78 is 26.2. The molecule has 170 valence electrons. The summed E-state index contributed by atoms with van der Waals surface area (Å²) in [5.74, 6) is -1.16. The fourth-order valence-corrected chi connectivity index (χ4v) is 5.34. The van der Waals surface area contributed by atoms with Crippen LogP contribution in [-0.2, 0) is 26.2 Å². The van der Waals surface area contributed by atoms with Gasteiger partial charge in [0.1, 0.15) is 10.9 Å². The average molecular weight is 458 g/mol. The molecular formula is C23H27N3O5S. The van der Waals surface area contributed by atoms with E-state index in [9.17, 15) is 22.8 Å². The highest BCUT2D eigenvalue weighted by molar-refractivity contribution is 7.90. The highest BCUT2D eigenvalue weighted by Crippen LogP contribution is 2.30. The van der Waals surface area contributed by atoms with Gasteiger partial charge >= 0.3 is 0 Å². The van der Waals surface area contributed by atoms with Gasteiger partial charge in [-0.2, -0.15) is 0 Å². The molecule has 2 aromatic carbocycles. The van der Waals surface area contributed by atoms with Crippen LogP contribution in [-0.4, -0.2) is 55.0 Å².